The summed E-state index contributed by atoms with van der Waals surface area (Å²) in [7, 11) is 0. The Morgan fingerprint density at radius 2 is 1.97 bits per heavy atom. The molecule has 1 aliphatic rings. The second-order valence-corrected chi connectivity index (χ2v) is 8.08. The highest BCUT2D eigenvalue weighted by molar-refractivity contribution is 5.91. The van der Waals surface area contributed by atoms with Gasteiger partial charge >= 0.3 is 0 Å². The molecule has 1 unspecified atom stereocenters. The predicted molar refractivity (Wildman–Crippen MR) is 125 cm³/mol. The van der Waals surface area contributed by atoms with E-state index < -0.39 is 0 Å². The zero-order chi connectivity index (χ0) is 21.6. The van der Waals surface area contributed by atoms with Crippen molar-refractivity contribution in [3.8, 4) is 0 Å². The van der Waals surface area contributed by atoms with E-state index in [2.05, 4.69) is 16.4 Å². The standard InChI is InChI=1S/C26H28N4O/c1-19-8-6-14-27-26(19)29-23-16-20(2)28-24(17-23)22-11-7-15-30(18-22)25(31)13-12-21-9-4-3-5-10-21/h3-6,8-10,12-14,16-17,22H,7,11,15,18H2,1-2H3,(H,27,28,29). The van der Waals surface area contributed by atoms with Gasteiger partial charge in [0, 0.05) is 48.4 Å². The van der Waals surface area contributed by atoms with Gasteiger partial charge in [-0.1, -0.05) is 36.4 Å². The Labute approximate surface area is 183 Å². The van der Waals surface area contributed by atoms with Gasteiger partial charge in [0.05, 0.1) is 0 Å². The zero-order valence-corrected chi connectivity index (χ0v) is 18.1. The minimum absolute atomic E-state index is 0.0589. The first-order valence-electron chi connectivity index (χ1n) is 10.8. The second kappa shape index (κ2) is 9.56. The summed E-state index contributed by atoms with van der Waals surface area (Å²) in [6, 6.07) is 18.0. The summed E-state index contributed by atoms with van der Waals surface area (Å²) >= 11 is 0. The number of aromatic nitrogens is 2. The third-order valence-electron chi connectivity index (χ3n) is 5.61. The van der Waals surface area contributed by atoms with E-state index in [1.807, 2.05) is 73.4 Å². The van der Waals surface area contributed by atoms with Crippen LogP contribution in [0.25, 0.3) is 6.08 Å². The molecule has 3 aromatic rings. The van der Waals surface area contributed by atoms with Crippen molar-refractivity contribution in [2.45, 2.75) is 32.6 Å². The molecule has 5 heteroatoms. The van der Waals surface area contributed by atoms with Crippen LogP contribution in [-0.4, -0.2) is 33.9 Å². The third-order valence-corrected chi connectivity index (χ3v) is 5.61. The Morgan fingerprint density at radius 3 is 2.77 bits per heavy atom. The number of piperidine rings is 1. The van der Waals surface area contributed by atoms with Crippen molar-refractivity contribution in [3.63, 3.8) is 0 Å². The number of nitrogens with zero attached hydrogens (tertiary/aromatic N) is 3. The number of carbonyl (C=O) groups is 1. The molecule has 1 saturated heterocycles. The molecule has 158 valence electrons. The number of likely N-dealkylation sites (tertiary alicyclic amines) is 1. The molecular formula is C26H28N4O. The fraction of sp³-hybridized carbons (Fsp3) is 0.269. The Kier molecular flexibility index (Phi) is 6.41. The molecule has 2 aromatic heterocycles. The van der Waals surface area contributed by atoms with Crippen molar-refractivity contribution in [3.05, 3.63) is 89.4 Å². The molecule has 4 rings (SSSR count). The molecule has 1 aliphatic heterocycles. The van der Waals surface area contributed by atoms with Crippen LogP contribution in [0.4, 0.5) is 11.5 Å². The summed E-state index contributed by atoms with van der Waals surface area (Å²) in [4.78, 5) is 23.9. The molecule has 1 atom stereocenters. The number of hydrogen-bond donors (Lipinski definition) is 1. The van der Waals surface area contributed by atoms with Crippen LogP contribution in [0.2, 0.25) is 0 Å². The van der Waals surface area contributed by atoms with Gasteiger partial charge in [-0.2, -0.15) is 0 Å². The number of benzene rings is 1. The van der Waals surface area contributed by atoms with Gasteiger partial charge in [-0.3, -0.25) is 9.78 Å². The lowest BCUT2D eigenvalue weighted by molar-refractivity contribution is -0.127. The lowest BCUT2D eigenvalue weighted by atomic mass is 9.93. The Hall–Kier alpha value is -3.47. The largest absolute Gasteiger partial charge is 0.340 e. The molecule has 0 spiro atoms. The minimum Gasteiger partial charge on any atom is -0.340 e. The van der Waals surface area contributed by atoms with E-state index in [-0.39, 0.29) is 11.8 Å². The van der Waals surface area contributed by atoms with E-state index in [0.29, 0.717) is 6.54 Å². The van der Waals surface area contributed by atoms with Crippen LogP contribution in [0, 0.1) is 13.8 Å². The summed E-state index contributed by atoms with van der Waals surface area (Å²) in [6.07, 6.45) is 7.36. The molecule has 5 nitrogen and oxygen atoms in total. The lowest BCUT2D eigenvalue weighted by Crippen LogP contribution is -2.38. The monoisotopic (exact) mass is 412 g/mol. The number of anilines is 2. The van der Waals surface area contributed by atoms with E-state index >= 15 is 0 Å². The van der Waals surface area contributed by atoms with E-state index in [1.165, 1.54) is 0 Å². The van der Waals surface area contributed by atoms with Gasteiger partial charge in [-0.05, 0) is 62.1 Å². The molecule has 3 heterocycles. The summed E-state index contributed by atoms with van der Waals surface area (Å²) < 4.78 is 0. The van der Waals surface area contributed by atoms with E-state index in [0.717, 1.165) is 53.4 Å². The minimum atomic E-state index is 0.0589. The van der Waals surface area contributed by atoms with Gasteiger partial charge < -0.3 is 10.2 Å². The van der Waals surface area contributed by atoms with E-state index in [1.54, 1.807) is 12.3 Å². The molecule has 1 amide bonds. The number of carbonyl (C=O) groups excluding carboxylic acids is 1. The number of amides is 1. The van der Waals surface area contributed by atoms with Gasteiger partial charge in [-0.25, -0.2) is 4.98 Å². The molecule has 1 fully saturated rings. The van der Waals surface area contributed by atoms with Gasteiger partial charge in [0.1, 0.15) is 5.82 Å². The number of nitrogens with one attached hydrogen (secondary N) is 1. The molecule has 0 saturated carbocycles. The van der Waals surface area contributed by atoms with Crippen LogP contribution in [0.15, 0.2) is 66.9 Å². The van der Waals surface area contributed by atoms with Crippen molar-refractivity contribution < 1.29 is 4.79 Å². The summed E-state index contributed by atoms with van der Waals surface area (Å²) in [5.41, 5.74) is 5.10. The molecule has 0 bridgehead atoms. The van der Waals surface area contributed by atoms with E-state index in [4.69, 9.17) is 4.98 Å². The van der Waals surface area contributed by atoms with Crippen LogP contribution in [-0.2, 0) is 4.79 Å². The number of aryl methyl sites for hydroxylation is 2. The SMILES string of the molecule is Cc1cc(Nc2ncccc2C)cc(C2CCCN(C(=O)C=Cc3ccccc3)C2)n1. The normalized spacial score (nSPS) is 16.5. The number of pyridine rings is 2. The molecule has 1 N–H and O–H groups in total. The molecule has 31 heavy (non-hydrogen) atoms. The van der Waals surface area contributed by atoms with Crippen molar-refractivity contribution in [2.24, 2.45) is 0 Å². The van der Waals surface area contributed by atoms with Crippen LogP contribution >= 0.6 is 0 Å². The van der Waals surface area contributed by atoms with Crippen LogP contribution < -0.4 is 5.32 Å². The average molecular weight is 413 g/mol. The smallest absolute Gasteiger partial charge is 0.246 e. The first-order valence-corrected chi connectivity index (χ1v) is 10.8. The highest BCUT2D eigenvalue weighted by Crippen LogP contribution is 2.29. The summed E-state index contributed by atoms with van der Waals surface area (Å²) in [6.45, 7) is 5.53. The molecular weight excluding hydrogens is 384 g/mol. The number of rotatable bonds is 5. The second-order valence-electron chi connectivity index (χ2n) is 8.08. The molecule has 0 radical (unpaired) electrons. The van der Waals surface area contributed by atoms with Crippen molar-refractivity contribution in [1.29, 1.82) is 0 Å². The first kappa shape index (κ1) is 20.8. The van der Waals surface area contributed by atoms with Crippen LogP contribution in [0.3, 0.4) is 0 Å². The molecule has 0 aliphatic carbocycles. The number of hydrogen-bond acceptors (Lipinski definition) is 4. The average Bonchev–Trinajstić information content (AvgIpc) is 2.79. The first-order chi connectivity index (χ1) is 15.1. The maximum absolute atomic E-state index is 12.8. The lowest BCUT2D eigenvalue weighted by Gasteiger charge is -2.32. The highest BCUT2D eigenvalue weighted by atomic mass is 16.2. The fourth-order valence-electron chi connectivity index (χ4n) is 3.98. The van der Waals surface area contributed by atoms with Crippen molar-refractivity contribution in [1.82, 2.24) is 14.9 Å². The van der Waals surface area contributed by atoms with Gasteiger partial charge in [0.2, 0.25) is 5.91 Å². The maximum atomic E-state index is 12.8. The summed E-state index contributed by atoms with van der Waals surface area (Å²) in [5.74, 6) is 1.14. The van der Waals surface area contributed by atoms with Gasteiger partial charge in [-0.15, -0.1) is 0 Å². The Balaban J connectivity index is 1.47. The van der Waals surface area contributed by atoms with E-state index in [9.17, 15) is 4.79 Å². The van der Waals surface area contributed by atoms with Gasteiger partial charge in [0.15, 0.2) is 0 Å². The van der Waals surface area contributed by atoms with Crippen molar-refractivity contribution in [2.75, 3.05) is 18.4 Å². The van der Waals surface area contributed by atoms with Crippen LogP contribution in [0.5, 0.6) is 0 Å². The predicted octanol–water partition coefficient (Wildman–Crippen LogP) is 5.26. The Bertz CT molecular complexity index is 1080. The quantitative estimate of drug-likeness (QED) is 0.581. The summed E-state index contributed by atoms with van der Waals surface area (Å²) in [5, 5.41) is 3.42. The van der Waals surface area contributed by atoms with Crippen molar-refractivity contribution >= 4 is 23.5 Å². The topological polar surface area (TPSA) is 58.1 Å². The highest BCUT2D eigenvalue weighted by Gasteiger charge is 2.25. The third kappa shape index (κ3) is 5.37. The van der Waals surface area contributed by atoms with Crippen LogP contribution in [0.1, 0.15) is 41.3 Å². The van der Waals surface area contributed by atoms with Gasteiger partial charge in [0.25, 0.3) is 0 Å². The fourth-order valence-corrected chi connectivity index (χ4v) is 3.98. The maximum Gasteiger partial charge on any atom is 0.246 e. The molecule has 1 aromatic carbocycles. The Morgan fingerprint density at radius 1 is 1.13 bits per heavy atom. The zero-order valence-electron chi connectivity index (χ0n) is 18.1.